The van der Waals surface area contributed by atoms with Gasteiger partial charge in [0.25, 0.3) is 0 Å². The van der Waals surface area contributed by atoms with Gasteiger partial charge >= 0.3 is 0 Å². The van der Waals surface area contributed by atoms with Crippen molar-refractivity contribution in [2.24, 2.45) is 21.9 Å². The van der Waals surface area contributed by atoms with Gasteiger partial charge in [0.2, 0.25) is 0 Å². The van der Waals surface area contributed by atoms with E-state index >= 15 is 0 Å². The van der Waals surface area contributed by atoms with Crippen molar-refractivity contribution < 1.29 is 9.47 Å². The van der Waals surface area contributed by atoms with Gasteiger partial charge < -0.3 is 15.2 Å². The molecule has 0 radical (unpaired) electrons. The molecule has 1 aromatic carbocycles. The zero-order valence-electron chi connectivity index (χ0n) is 11.5. The molecule has 19 heavy (non-hydrogen) atoms. The first-order valence-electron chi connectivity index (χ1n) is 6.32. The second kappa shape index (κ2) is 5.73. The van der Waals surface area contributed by atoms with Crippen LogP contribution in [0.1, 0.15) is 25.3 Å². The molecular weight excluding hydrogens is 242 g/mol. The minimum Gasteiger partial charge on any atom is -0.493 e. The van der Waals surface area contributed by atoms with E-state index in [1.54, 1.807) is 14.2 Å². The highest BCUT2D eigenvalue weighted by molar-refractivity contribution is 6.08. The Balaban J connectivity index is 2.51. The van der Waals surface area contributed by atoms with Gasteiger partial charge in [0.1, 0.15) is 5.84 Å². The van der Waals surface area contributed by atoms with Crippen LogP contribution in [-0.4, -0.2) is 25.8 Å². The molecule has 0 fully saturated rings. The summed E-state index contributed by atoms with van der Waals surface area (Å²) < 4.78 is 10.8. The molecule has 5 nitrogen and oxygen atoms in total. The quantitative estimate of drug-likeness (QED) is 0.903. The monoisotopic (exact) mass is 261 g/mol. The van der Waals surface area contributed by atoms with Crippen molar-refractivity contribution in [3.05, 3.63) is 23.8 Å². The highest BCUT2D eigenvalue weighted by Crippen LogP contribution is 2.34. The van der Waals surface area contributed by atoms with Crippen LogP contribution in [0.25, 0.3) is 0 Å². The zero-order valence-corrected chi connectivity index (χ0v) is 11.5. The van der Waals surface area contributed by atoms with Crippen molar-refractivity contribution >= 4 is 11.5 Å². The number of para-hydroxylation sites is 1. The Bertz CT molecular complexity index is 523. The number of rotatable bonds is 4. The summed E-state index contributed by atoms with van der Waals surface area (Å²) >= 11 is 0. The molecule has 0 aliphatic carbocycles. The van der Waals surface area contributed by atoms with Gasteiger partial charge in [0, 0.05) is 17.9 Å². The Morgan fingerprint density at radius 1 is 1.26 bits per heavy atom. The van der Waals surface area contributed by atoms with E-state index in [1.807, 2.05) is 18.2 Å². The van der Waals surface area contributed by atoms with Gasteiger partial charge in [-0.1, -0.05) is 13.0 Å². The van der Waals surface area contributed by atoms with Crippen molar-refractivity contribution in [2.75, 3.05) is 14.2 Å². The lowest BCUT2D eigenvalue weighted by atomic mass is 9.90. The number of amidine groups is 1. The van der Waals surface area contributed by atoms with Crippen LogP contribution in [0.15, 0.2) is 28.4 Å². The van der Waals surface area contributed by atoms with E-state index in [2.05, 4.69) is 17.1 Å². The minimum absolute atomic E-state index is 0.263. The average molecular weight is 261 g/mol. The zero-order chi connectivity index (χ0) is 13.8. The summed E-state index contributed by atoms with van der Waals surface area (Å²) in [5, 5.41) is 8.26. The molecule has 0 aromatic heterocycles. The molecule has 1 aromatic rings. The number of ether oxygens (including phenoxy) is 2. The highest BCUT2D eigenvalue weighted by Gasteiger charge is 2.25. The maximum atomic E-state index is 5.75. The fraction of sp³-hybridized carbons (Fsp3) is 0.429. The molecule has 2 rings (SSSR count). The smallest absolute Gasteiger partial charge is 0.169 e. The molecule has 1 aliphatic heterocycles. The third-order valence-corrected chi connectivity index (χ3v) is 3.30. The van der Waals surface area contributed by atoms with E-state index < -0.39 is 0 Å². The summed E-state index contributed by atoms with van der Waals surface area (Å²) in [7, 11) is 3.25. The van der Waals surface area contributed by atoms with Crippen LogP contribution >= 0.6 is 0 Å². The highest BCUT2D eigenvalue weighted by atomic mass is 16.5. The van der Waals surface area contributed by atoms with Crippen molar-refractivity contribution in [1.82, 2.24) is 0 Å². The number of nitrogens with zero attached hydrogens (tertiary/aromatic N) is 2. The van der Waals surface area contributed by atoms with Crippen molar-refractivity contribution in [1.29, 1.82) is 0 Å². The normalized spacial score (nSPS) is 18.6. The Labute approximate surface area is 113 Å². The molecule has 1 heterocycles. The van der Waals surface area contributed by atoms with Gasteiger partial charge in [-0.05, 0) is 18.6 Å². The van der Waals surface area contributed by atoms with Crippen LogP contribution in [-0.2, 0) is 0 Å². The van der Waals surface area contributed by atoms with Gasteiger partial charge in [0.05, 0.1) is 19.9 Å². The second-order valence-corrected chi connectivity index (χ2v) is 4.43. The first kappa shape index (κ1) is 13.4. The average Bonchev–Trinajstić information content (AvgIpc) is 2.46. The van der Waals surface area contributed by atoms with Crippen molar-refractivity contribution in [3.63, 3.8) is 0 Å². The van der Waals surface area contributed by atoms with Crippen LogP contribution in [0, 0.1) is 5.92 Å². The van der Waals surface area contributed by atoms with Gasteiger partial charge in [-0.25, -0.2) is 0 Å². The van der Waals surface area contributed by atoms with Gasteiger partial charge in [-0.2, -0.15) is 5.10 Å². The lowest BCUT2D eigenvalue weighted by Gasteiger charge is -2.22. The van der Waals surface area contributed by atoms with Crippen LogP contribution in [0.4, 0.5) is 0 Å². The van der Waals surface area contributed by atoms with Crippen molar-refractivity contribution in [2.45, 2.75) is 19.8 Å². The summed E-state index contributed by atoms with van der Waals surface area (Å²) in [6.45, 7) is 2.12. The summed E-state index contributed by atoms with van der Waals surface area (Å²) in [4.78, 5) is 0. The summed E-state index contributed by atoms with van der Waals surface area (Å²) in [5.41, 5.74) is 7.59. The third kappa shape index (κ3) is 2.54. The molecular formula is C14H19N3O2. The lowest BCUT2D eigenvalue weighted by Crippen LogP contribution is -2.27. The summed E-state index contributed by atoms with van der Waals surface area (Å²) in [6.07, 6.45) is 1.69. The summed E-state index contributed by atoms with van der Waals surface area (Å²) in [6, 6.07) is 5.76. The molecule has 1 aliphatic rings. The Hall–Kier alpha value is -2.04. The van der Waals surface area contributed by atoms with Crippen LogP contribution < -0.4 is 15.2 Å². The minimum atomic E-state index is 0.263. The SMILES string of the molecule is CCC1CC(N)=NN=C1c1cccc(OC)c1OC. The molecule has 2 N–H and O–H groups in total. The van der Waals surface area contributed by atoms with Gasteiger partial charge in [0.15, 0.2) is 11.5 Å². The fourth-order valence-electron chi connectivity index (χ4n) is 2.29. The lowest BCUT2D eigenvalue weighted by molar-refractivity contribution is 0.354. The first-order chi connectivity index (χ1) is 9.21. The fourth-order valence-corrected chi connectivity index (χ4v) is 2.29. The third-order valence-electron chi connectivity index (χ3n) is 3.30. The summed E-state index contributed by atoms with van der Waals surface area (Å²) in [5.74, 6) is 2.23. The predicted molar refractivity (Wildman–Crippen MR) is 76.1 cm³/mol. The molecule has 1 unspecified atom stereocenters. The molecule has 1 atom stereocenters. The second-order valence-electron chi connectivity index (χ2n) is 4.43. The Kier molecular flexibility index (Phi) is 4.04. The molecule has 5 heteroatoms. The van der Waals surface area contributed by atoms with E-state index in [4.69, 9.17) is 15.2 Å². The predicted octanol–water partition coefficient (Wildman–Crippen LogP) is 2.20. The van der Waals surface area contributed by atoms with E-state index in [9.17, 15) is 0 Å². The van der Waals surface area contributed by atoms with Crippen LogP contribution in [0.5, 0.6) is 11.5 Å². The molecule has 0 amide bonds. The van der Waals surface area contributed by atoms with Gasteiger partial charge in [-0.3, -0.25) is 0 Å². The number of hydrogen-bond acceptors (Lipinski definition) is 5. The number of benzene rings is 1. The molecule has 0 spiro atoms. The first-order valence-corrected chi connectivity index (χ1v) is 6.32. The van der Waals surface area contributed by atoms with E-state index in [-0.39, 0.29) is 5.92 Å². The van der Waals surface area contributed by atoms with E-state index in [1.165, 1.54) is 0 Å². The van der Waals surface area contributed by atoms with Crippen molar-refractivity contribution in [3.8, 4) is 11.5 Å². The standard InChI is InChI=1S/C14H19N3O2/c1-4-9-8-12(15)16-17-13(9)10-6-5-7-11(18-2)14(10)19-3/h5-7,9H,4,8H2,1-3H3,(H2,15,16). The Morgan fingerprint density at radius 2 is 2.05 bits per heavy atom. The number of hydrogen-bond donors (Lipinski definition) is 1. The van der Waals surface area contributed by atoms with Gasteiger partial charge in [-0.15, -0.1) is 5.10 Å². The van der Waals surface area contributed by atoms with E-state index in [0.717, 1.165) is 24.1 Å². The maximum absolute atomic E-state index is 5.75. The molecule has 0 saturated heterocycles. The molecule has 0 saturated carbocycles. The number of nitrogens with two attached hydrogens (primary N) is 1. The Morgan fingerprint density at radius 3 is 2.68 bits per heavy atom. The largest absolute Gasteiger partial charge is 0.493 e. The molecule has 0 bridgehead atoms. The maximum Gasteiger partial charge on any atom is 0.169 e. The van der Waals surface area contributed by atoms with Crippen LogP contribution in [0.2, 0.25) is 0 Å². The topological polar surface area (TPSA) is 69.2 Å². The number of methoxy groups -OCH3 is 2. The molecule has 102 valence electrons. The van der Waals surface area contributed by atoms with Crippen LogP contribution in [0.3, 0.4) is 0 Å². The van der Waals surface area contributed by atoms with E-state index in [0.29, 0.717) is 17.3 Å².